The summed E-state index contributed by atoms with van der Waals surface area (Å²) in [5.41, 5.74) is 1.03. The third kappa shape index (κ3) is 4.71. The normalized spacial score (nSPS) is 11.8. The van der Waals surface area contributed by atoms with Crippen LogP contribution in [-0.2, 0) is 9.53 Å². The van der Waals surface area contributed by atoms with Crippen molar-refractivity contribution in [3.63, 3.8) is 0 Å². The molecule has 1 heterocycles. The molecule has 0 saturated heterocycles. The lowest BCUT2D eigenvalue weighted by Gasteiger charge is -2.23. The van der Waals surface area contributed by atoms with Gasteiger partial charge in [0.25, 0.3) is 0 Å². The van der Waals surface area contributed by atoms with Crippen molar-refractivity contribution in [2.75, 3.05) is 20.7 Å². The van der Waals surface area contributed by atoms with E-state index < -0.39 is 5.97 Å². The summed E-state index contributed by atoms with van der Waals surface area (Å²) in [6.07, 6.45) is 0. The second kappa shape index (κ2) is 8.69. The monoisotopic (exact) mass is 349 g/mol. The molecule has 0 aromatic carbocycles. The van der Waals surface area contributed by atoms with Crippen LogP contribution in [-0.4, -0.2) is 47.7 Å². The fraction of sp³-hybridized carbons (Fsp3) is 0.529. The van der Waals surface area contributed by atoms with Gasteiger partial charge in [-0.15, -0.1) is 0 Å². The number of hydrogen-bond donors (Lipinski definition) is 0. The maximum absolute atomic E-state index is 12.4. The molecule has 1 aromatic heterocycles. The van der Waals surface area contributed by atoms with Crippen molar-refractivity contribution in [1.29, 1.82) is 5.26 Å². The third-order valence-corrected chi connectivity index (χ3v) is 4.86. The van der Waals surface area contributed by atoms with Gasteiger partial charge < -0.3 is 9.64 Å². The van der Waals surface area contributed by atoms with E-state index in [-0.39, 0.29) is 34.8 Å². The summed E-state index contributed by atoms with van der Waals surface area (Å²) in [6, 6.07) is 3.54. The van der Waals surface area contributed by atoms with Gasteiger partial charge in [0.1, 0.15) is 11.1 Å². The molecular weight excluding hydrogens is 326 g/mol. The molecule has 0 aliphatic heterocycles. The molecular formula is C17H23N3O3S. The zero-order valence-corrected chi connectivity index (χ0v) is 15.7. The van der Waals surface area contributed by atoms with Crippen LogP contribution in [0.15, 0.2) is 11.1 Å². The molecule has 0 bridgehead atoms. The van der Waals surface area contributed by atoms with Crippen LogP contribution < -0.4 is 0 Å². The first-order valence-electron chi connectivity index (χ1n) is 7.69. The first-order valence-corrected chi connectivity index (χ1v) is 8.57. The van der Waals surface area contributed by atoms with Gasteiger partial charge in [0.2, 0.25) is 5.91 Å². The summed E-state index contributed by atoms with van der Waals surface area (Å²) >= 11 is 1.26. The van der Waals surface area contributed by atoms with Crippen molar-refractivity contribution in [3.05, 3.63) is 22.9 Å². The average Bonchev–Trinajstić information content (AvgIpc) is 2.51. The predicted octanol–water partition coefficient (Wildman–Crippen LogP) is 2.64. The number of nitriles is 1. The van der Waals surface area contributed by atoms with Crippen molar-refractivity contribution in [2.24, 2.45) is 5.92 Å². The molecule has 1 rings (SSSR count). The van der Waals surface area contributed by atoms with Crippen molar-refractivity contribution < 1.29 is 14.3 Å². The molecule has 1 atom stereocenters. The van der Waals surface area contributed by atoms with E-state index in [1.807, 2.05) is 13.8 Å². The summed E-state index contributed by atoms with van der Waals surface area (Å²) in [5, 5.41) is 9.50. The van der Waals surface area contributed by atoms with Crippen LogP contribution in [0.1, 0.15) is 42.4 Å². The minimum absolute atomic E-state index is 0.0344. The SMILES string of the molecule is CCOC(=O)c1cc(C#N)c(SC(C(=O)N(C)C)C(C)C)nc1C. The summed E-state index contributed by atoms with van der Waals surface area (Å²) < 4.78 is 4.98. The highest BCUT2D eigenvalue weighted by atomic mass is 32.2. The van der Waals surface area contributed by atoms with E-state index in [1.54, 1.807) is 27.9 Å². The van der Waals surface area contributed by atoms with Gasteiger partial charge in [-0.2, -0.15) is 5.26 Å². The number of aryl methyl sites for hydroxylation is 1. The molecule has 1 aromatic rings. The number of pyridine rings is 1. The smallest absolute Gasteiger partial charge is 0.340 e. The van der Waals surface area contributed by atoms with E-state index in [9.17, 15) is 14.9 Å². The minimum Gasteiger partial charge on any atom is -0.462 e. The van der Waals surface area contributed by atoms with E-state index in [2.05, 4.69) is 11.1 Å². The molecule has 0 N–H and O–H groups in total. The summed E-state index contributed by atoms with van der Waals surface area (Å²) in [5.74, 6) is -0.462. The van der Waals surface area contributed by atoms with Gasteiger partial charge in [0, 0.05) is 14.1 Å². The van der Waals surface area contributed by atoms with Crippen molar-refractivity contribution in [1.82, 2.24) is 9.88 Å². The second-order valence-electron chi connectivity index (χ2n) is 5.82. The number of carbonyl (C=O) groups excluding carboxylic acids is 2. The van der Waals surface area contributed by atoms with Crippen LogP contribution in [0.3, 0.4) is 0 Å². The maximum atomic E-state index is 12.4. The van der Waals surface area contributed by atoms with Gasteiger partial charge in [-0.25, -0.2) is 9.78 Å². The van der Waals surface area contributed by atoms with E-state index in [4.69, 9.17) is 4.74 Å². The number of esters is 1. The molecule has 0 fully saturated rings. The first kappa shape index (κ1) is 20.0. The van der Waals surface area contributed by atoms with E-state index >= 15 is 0 Å². The van der Waals surface area contributed by atoms with Crippen LogP contribution in [0.2, 0.25) is 0 Å². The number of carbonyl (C=O) groups is 2. The number of nitrogens with zero attached hydrogens (tertiary/aromatic N) is 3. The highest BCUT2D eigenvalue weighted by Crippen LogP contribution is 2.31. The van der Waals surface area contributed by atoms with Gasteiger partial charge in [0.15, 0.2) is 0 Å². The number of thioether (sulfide) groups is 1. The van der Waals surface area contributed by atoms with Gasteiger partial charge in [-0.1, -0.05) is 25.6 Å². The standard InChI is InChI=1S/C17H23N3O3S/c1-7-23-17(22)13-8-12(9-18)15(19-11(13)4)24-14(10(2)3)16(21)20(5)6/h8,10,14H,7H2,1-6H3. The van der Waals surface area contributed by atoms with Gasteiger partial charge >= 0.3 is 5.97 Å². The minimum atomic E-state index is -0.500. The fourth-order valence-electron chi connectivity index (χ4n) is 2.02. The summed E-state index contributed by atoms with van der Waals surface area (Å²) in [7, 11) is 3.40. The van der Waals surface area contributed by atoms with Crippen LogP contribution in [0.25, 0.3) is 0 Å². The quantitative estimate of drug-likeness (QED) is 0.580. The number of ether oxygens (including phenoxy) is 1. The highest BCUT2D eigenvalue weighted by Gasteiger charge is 2.27. The molecule has 1 amide bonds. The maximum Gasteiger partial charge on any atom is 0.340 e. The van der Waals surface area contributed by atoms with Gasteiger partial charge in [0.05, 0.1) is 28.7 Å². The molecule has 0 aliphatic carbocycles. The predicted molar refractivity (Wildman–Crippen MR) is 92.8 cm³/mol. The molecule has 130 valence electrons. The molecule has 0 radical (unpaired) electrons. The third-order valence-electron chi connectivity index (χ3n) is 3.32. The molecule has 0 aliphatic rings. The summed E-state index contributed by atoms with van der Waals surface area (Å²) in [6.45, 7) is 7.56. The van der Waals surface area contributed by atoms with E-state index in [1.165, 1.54) is 22.7 Å². The molecule has 6 nitrogen and oxygen atoms in total. The topological polar surface area (TPSA) is 83.3 Å². The molecule has 1 unspecified atom stereocenters. The zero-order valence-electron chi connectivity index (χ0n) is 14.9. The Hall–Kier alpha value is -2.07. The lowest BCUT2D eigenvalue weighted by Crippen LogP contribution is -2.35. The van der Waals surface area contributed by atoms with Crippen LogP contribution in [0.5, 0.6) is 0 Å². The van der Waals surface area contributed by atoms with Gasteiger partial charge in [-0.3, -0.25) is 4.79 Å². The molecule has 0 saturated carbocycles. The van der Waals surface area contributed by atoms with E-state index in [0.29, 0.717) is 10.7 Å². The van der Waals surface area contributed by atoms with Crippen molar-refractivity contribution in [2.45, 2.75) is 38.0 Å². The Morgan fingerprint density at radius 2 is 2.04 bits per heavy atom. The highest BCUT2D eigenvalue weighted by molar-refractivity contribution is 8.00. The lowest BCUT2D eigenvalue weighted by atomic mass is 10.1. The Morgan fingerprint density at radius 3 is 2.50 bits per heavy atom. The first-order chi connectivity index (χ1) is 11.2. The molecule has 7 heteroatoms. The van der Waals surface area contributed by atoms with Gasteiger partial charge in [-0.05, 0) is 25.8 Å². The van der Waals surface area contributed by atoms with E-state index in [0.717, 1.165) is 0 Å². The molecule has 24 heavy (non-hydrogen) atoms. The number of amides is 1. The Kier molecular flexibility index (Phi) is 7.23. The fourth-order valence-corrected chi connectivity index (χ4v) is 3.26. The zero-order chi connectivity index (χ0) is 18.4. The Morgan fingerprint density at radius 1 is 1.42 bits per heavy atom. The number of hydrogen-bond acceptors (Lipinski definition) is 6. The van der Waals surface area contributed by atoms with Crippen LogP contribution in [0, 0.1) is 24.2 Å². The summed E-state index contributed by atoms with van der Waals surface area (Å²) in [4.78, 5) is 30.2. The number of rotatable bonds is 6. The Balaban J connectivity index is 3.25. The van der Waals surface area contributed by atoms with Crippen molar-refractivity contribution in [3.8, 4) is 6.07 Å². The van der Waals surface area contributed by atoms with Crippen molar-refractivity contribution >= 4 is 23.6 Å². The van der Waals surface area contributed by atoms with Crippen LogP contribution >= 0.6 is 11.8 Å². The largest absolute Gasteiger partial charge is 0.462 e. The Labute approximate surface area is 147 Å². The lowest BCUT2D eigenvalue weighted by molar-refractivity contribution is -0.128. The molecule has 0 spiro atoms. The Bertz CT molecular complexity index is 666. The van der Waals surface area contributed by atoms with Crippen LogP contribution in [0.4, 0.5) is 0 Å². The average molecular weight is 349 g/mol. The second-order valence-corrected chi connectivity index (χ2v) is 6.95. The number of aromatic nitrogens is 1.